The molecule has 0 aliphatic carbocycles. The van der Waals surface area contributed by atoms with Crippen LogP contribution in [-0.4, -0.2) is 36.0 Å². The van der Waals surface area contributed by atoms with Crippen LogP contribution in [0.3, 0.4) is 0 Å². The summed E-state index contributed by atoms with van der Waals surface area (Å²) in [6, 6.07) is 17.2. The van der Waals surface area contributed by atoms with Crippen molar-refractivity contribution in [1.82, 2.24) is 10.2 Å². The molecule has 2 aromatic rings. The van der Waals surface area contributed by atoms with Crippen molar-refractivity contribution in [3.05, 3.63) is 65.7 Å². The molecule has 138 valence electrons. The molecule has 0 aromatic heterocycles. The molecule has 6 heteroatoms. The third-order valence-corrected chi connectivity index (χ3v) is 4.55. The van der Waals surface area contributed by atoms with E-state index in [0.717, 1.165) is 31.5 Å². The summed E-state index contributed by atoms with van der Waals surface area (Å²) in [4.78, 5) is 27.1. The first-order chi connectivity index (χ1) is 13.2. The molecule has 1 aliphatic heterocycles. The van der Waals surface area contributed by atoms with Gasteiger partial charge in [-0.1, -0.05) is 36.4 Å². The number of hydrogen-bond donors (Lipinski definition) is 2. The van der Waals surface area contributed by atoms with Crippen molar-refractivity contribution in [2.75, 3.05) is 18.4 Å². The monoisotopic (exact) mass is 362 g/mol. The normalized spacial score (nSPS) is 14.3. The number of carbonyl (C=O) groups excluding carboxylic acids is 2. The maximum atomic E-state index is 12.9. The minimum absolute atomic E-state index is 0.0581. The summed E-state index contributed by atoms with van der Waals surface area (Å²) in [5.41, 5.74) is 1.96. The van der Waals surface area contributed by atoms with E-state index in [1.165, 1.54) is 0 Å². The molecule has 0 saturated carbocycles. The first-order valence-electron chi connectivity index (χ1n) is 9.06. The smallest absolute Gasteiger partial charge is 0.319 e. The predicted molar refractivity (Wildman–Crippen MR) is 103 cm³/mol. The van der Waals surface area contributed by atoms with Gasteiger partial charge in [0, 0.05) is 25.2 Å². The fourth-order valence-corrected chi connectivity index (χ4v) is 3.20. The average Bonchev–Trinajstić information content (AvgIpc) is 3.22. The van der Waals surface area contributed by atoms with Gasteiger partial charge in [0.05, 0.1) is 11.6 Å². The summed E-state index contributed by atoms with van der Waals surface area (Å²) in [5, 5.41) is 14.5. The Balaban J connectivity index is 1.70. The summed E-state index contributed by atoms with van der Waals surface area (Å²) >= 11 is 0. The largest absolute Gasteiger partial charge is 0.341 e. The summed E-state index contributed by atoms with van der Waals surface area (Å²) in [6.07, 6.45) is 2.43. The van der Waals surface area contributed by atoms with Crippen LogP contribution in [0, 0.1) is 11.3 Å². The van der Waals surface area contributed by atoms with Crippen LogP contribution in [0.2, 0.25) is 0 Å². The number of urea groups is 1. The van der Waals surface area contributed by atoms with Gasteiger partial charge in [0.2, 0.25) is 5.91 Å². The lowest BCUT2D eigenvalue weighted by Gasteiger charge is -2.24. The molecule has 3 rings (SSSR count). The number of nitriles is 1. The number of anilines is 1. The van der Waals surface area contributed by atoms with Gasteiger partial charge in [-0.3, -0.25) is 4.79 Å². The molecular weight excluding hydrogens is 340 g/mol. The SMILES string of the molecule is N#Cc1cccc(NC(=O)NC(Cc2ccccc2)C(=O)N2CCCC2)c1. The first kappa shape index (κ1) is 18.5. The number of carbonyl (C=O) groups is 2. The molecule has 1 atom stereocenters. The molecule has 0 spiro atoms. The molecule has 3 amide bonds. The molecular formula is C21H22N4O2. The topological polar surface area (TPSA) is 85.2 Å². The van der Waals surface area contributed by atoms with E-state index in [0.29, 0.717) is 17.7 Å². The van der Waals surface area contributed by atoms with Gasteiger partial charge in [-0.05, 0) is 36.6 Å². The molecule has 6 nitrogen and oxygen atoms in total. The lowest BCUT2D eigenvalue weighted by atomic mass is 10.0. The molecule has 1 aliphatic rings. The second-order valence-electron chi connectivity index (χ2n) is 6.57. The van der Waals surface area contributed by atoms with Crippen LogP contribution in [-0.2, 0) is 11.2 Å². The van der Waals surface area contributed by atoms with Crippen LogP contribution in [0.15, 0.2) is 54.6 Å². The van der Waals surface area contributed by atoms with Crippen LogP contribution in [0.25, 0.3) is 0 Å². The predicted octanol–water partition coefficient (Wildman–Crippen LogP) is 2.91. The van der Waals surface area contributed by atoms with E-state index in [4.69, 9.17) is 5.26 Å². The van der Waals surface area contributed by atoms with Gasteiger partial charge in [-0.2, -0.15) is 5.26 Å². The van der Waals surface area contributed by atoms with E-state index < -0.39 is 12.1 Å². The van der Waals surface area contributed by atoms with E-state index in [1.54, 1.807) is 24.3 Å². The third kappa shape index (κ3) is 5.08. The van der Waals surface area contributed by atoms with Crippen molar-refractivity contribution < 1.29 is 9.59 Å². The van der Waals surface area contributed by atoms with E-state index >= 15 is 0 Å². The number of rotatable bonds is 5. The Bertz CT molecular complexity index is 839. The van der Waals surface area contributed by atoms with Gasteiger partial charge in [0.25, 0.3) is 0 Å². The highest BCUT2D eigenvalue weighted by Gasteiger charge is 2.28. The Labute approximate surface area is 158 Å². The first-order valence-corrected chi connectivity index (χ1v) is 9.06. The van der Waals surface area contributed by atoms with Gasteiger partial charge in [-0.15, -0.1) is 0 Å². The van der Waals surface area contributed by atoms with Crippen molar-refractivity contribution in [1.29, 1.82) is 5.26 Å². The molecule has 2 N–H and O–H groups in total. The summed E-state index contributed by atoms with van der Waals surface area (Å²) < 4.78 is 0. The van der Waals surface area contributed by atoms with E-state index in [1.807, 2.05) is 41.3 Å². The van der Waals surface area contributed by atoms with Crippen LogP contribution in [0.4, 0.5) is 10.5 Å². The Morgan fingerprint density at radius 2 is 1.81 bits per heavy atom. The van der Waals surface area contributed by atoms with Crippen LogP contribution < -0.4 is 10.6 Å². The van der Waals surface area contributed by atoms with Crippen molar-refractivity contribution in [3.63, 3.8) is 0 Å². The highest BCUT2D eigenvalue weighted by molar-refractivity contribution is 5.94. The minimum atomic E-state index is -0.635. The van der Waals surface area contributed by atoms with Gasteiger partial charge in [0.15, 0.2) is 0 Å². The zero-order valence-electron chi connectivity index (χ0n) is 15.0. The van der Waals surface area contributed by atoms with Crippen molar-refractivity contribution >= 4 is 17.6 Å². The van der Waals surface area contributed by atoms with Gasteiger partial charge < -0.3 is 15.5 Å². The van der Waals surface area contributed by atoms with Crippen molar-refractivity contribution in [2.45, 2.75) is 25.3 Å². The number of nitrogens with one attached hydrogen (secondary N) is 2. The number of benzene rings is 2. The minimum Gasteiger partial charge on any atom is -0.341 e. The van der Waals surface area contributed by atoms with Crippen LogP contribution >= 0.6 is 0 Å². The van der Waals surface area contributed by atoms with E-state index in [2.05, 4.69) is 10.6 Å². The molecule has 2 aromatic carbocycles. The maximum absolute atomic E-state index is 12.9. The quantitative estimate of drug-likeness (QED) is 0.858. The second-order valence-corrected chi connectivity index (χ2v) is 6.57. The van der Waals surface area contributed by atoms with Crippen molar-refractivity contribution in [2.24, 2.45) is 0 Å². The standard InChI is InChI=1S/C21H22N4O2/c22-15-17-9-6-10-18(13-17)23-21(27)24-19(14-16-7-2-1-3-8-16)20(26)25-11-4-5-12-25/h1-3,6-10,13,19H,4-5,11-12,14H2,(H2,23,24,27). The fourth-order valence-electron chi connectivity index (χ4n) is 3.20. The lowest BCUT2D eigenvalue weighted by Crippen LogP contribution is -2.50. The van der Waals surface area contributed by atoms with Gasteiger partial charge in [-0.25, -0.2) is 4.79 Å². The zero-order valence-corrected chi connectivity index (χ0v) is 15.0. The Morgan fingerprint density at radius 1 is 1.07 bits per heavy atom. The molecule has 1 saturated heterocycles. The number of hydrogen-bond acceptors (Lipinski definition) is 3. The maximum Gasteiger partial charge on any atom is 0.319 e. The van der Waals surface area contributed by atoms with Crippen LogP contribution in [0.5, 0.6) is 0 Å². The molecule has 0 bridgehead atoms. The molecule has 1 heterocycles. The third-order valence-electron chi connectivity index (χ3n) is 4.55. The molecule has 0 radical (unpaired) electrons. The molecule has 1 fully saturated rings. The van der Waals surface area contributed by atoms with E-state index in [-0.39, 0.29) is 5.91 Å². The second kappa shape index (κ2) is 8.86. The Hall–Kier alpha value is -3.33. The van der Waals surface area contributed by atoms with E-state index in [9.17, 15) is 9.59 Å². The van der Waals surface area contributed by atoms with Gasteiger partial charge in [0.1, 0.15) is 6.04 Å². The summed E-state index contributed by atoms with van der Waals surface area (Å²) in [7, 11) is 0. The zero-order chi connectivity index (χ0) is 19.1. The average molecular weight is 362 g/mol. The lowest BCUT2D eigenvalue weighted by molar-refractivity contribution is -0.132. The molecule has 1 unspecified atom stereocenters. The summed E-state index contributed by atoms with van der Waals surface area (Å²) in [5.74, 6) is -0.0581. The highest BCUT2D eigenvalue weighted by atomic mass is 16.2. The molecule has 27 heavy (non-hydrogen) atoms. The van der Waals surface area contributed by atoms with Gasteiger partial charge >= 0.3 is 6.03 Å². The number of likely N-dealkylation sites (tertiary alicyclic amines) is 1. The Kier molecular flexibility index (Phi) is 6.06. The fraction of sp³-hybridized carbons (Fsp3) is 0.286. The number of nitrogens with zero attached hydrogens (tertiary/aromatic N) is 2. The number of amides is 3. The Morgan fingerprint density at radius 3 is 2.52 bits per heavy atom. The van der Waals surface area contributed by atoms with Crippen molar-refractivity contribution in [3.8, 4) is 6.07 Å². The van der Waals surface area contributed by atoms with Crippen LogP contribution in [0.1, 0.15) is 24.0 Å². The summed E-state index contributed by atoms with van der Waals surface area (Å²) in [6.45, 7) is 1.47. The highest BCUT2D eigenvalue weighted by Crippen LogP contribution is 2.13.